The predicted molar refractivity (Wildman–Crippen MR) is 110 cm³/mol. The first kappa shape index (κ1) is 21.6. The van der Waals surface area contributed by atoms with Crippen molar-refractivity contribution in [1.82, 2.24) is 4.98 Å². The molecule has 9 heteroatoms. The lowest BCUT2D eigenvalue weighted by atomic mass is 10.0. The molecule has 1 amide bonds. The van der Waals surface area contributed by atoms with Gasteiger partial charge in [0, 0.05) is 41.3 Å². The van der Waals surface area contributed by atoms with Crippen LogP contribution in [0.3, 0.4) is 0 Å². The van der Waals surface area contributed by atoms with Crippen LogP contribution in [-0.4, -0.2) is 31.7 Å². The fraction of sp³-hybridized carbons (Fsp3) is 0.217. The van der Waals surface area contributed by atoms with Crippen LogP contribution in [0.15, 0.2) is 48.8 Å². The normalized spacial score (nSPS) is 13.1. The fourth-order valence-corrected chi connectivity index (χ4v) is 3.83. The van der Waals surface area contributed by atoms with Crippen molar-refractivity contribution in [2.24, 2.45) is 0 Å². The van der Waals surface area contributed by atoms with Crippen LogP contribution in [0.1, 0.15) is 21.5 Å². The largest absolute Gasteiger partial charge is 0.496 e. The van der Waals surface area contributed by atoms with Gasteiger partial charge in [-0.2, -0.15) is 13.2 Å². The first-order chi connectivity index (χ1) is 15.2. The maximum Gasteiger partial charge on any atom is 0.420 e. The molecule has 166 valence electrons. The summed E-state index contributed by atoms with van der Waals surface area (Å²) in [4.78, 5) is 18.5. The molecule has 2 heterocycles. The van der Waals surface area contributed by atoms with Crippen molar-refractivity contribution in [3.05, 3.63) is 71.3 Å². The monoisotopic (exact) mass is 446 g/mol. The van der Waals surface area contributed by atoms with Crippen LogP contribution in [0.25, 0.3) is 11.1 Å². The maximum absolute atomic E-state index is 14.8. The zero-order valence-electron chi connectivity index (χ0n) is 17.2. The Morgan fingerprint density at radius 2 is 1.91 bits per heavy atom. The third kappa shape index (κ3) is 3.74. The lowest BCUT2D eigenvalue weighted by Gasteiger charge is -2.21. The second-order valence-corrected chi connectivity index (χ2v) is 7.17. The number of rotatable bonds is 4. The molecule has 1 aliphatic rings. The topological polar surface area (TPSA) is 51.7 Å². The average molecular weight is 446 g/mol. The number of fused-ring (bicyclic) bond motifs is 1. The van der Waals surface area contributed by atoms with Crippen LogP contribution >= 0.6 is 0 Å². The molecule has 0 bridgehead atoms. The highest BCUT2D eigenvalue weighted by Gasteiger charge is 2.38. The summed E-state index contributed by atoms with van der Waals surface area (Å²) in [7, 11) is 2.47. The molecule has 0 N–H and O–H groups in total. The van der Waals surface area contributed by atoms with Crippen molar-refractivity contribution in [3.8, 4) is 22.6 Å². The van der Waals surface area contributed by atoms with Gasteiger partial charge in [0.15, 0.2) is 11.6 Å². The molecule has 0 saturated carbocycles. The second-order valence-electron chi connectivity index (χ2n) is 7.17. The van der Waals surface area contributed by atoms with Gasteiger partial charge in [-0.3, -0.25) is 9.78 Å². The number of hydrogen-bond donors (Lipinski definition) is 0. The van der Waals surface area contributed by atoms with Crippen molar-refractivity contribution in [2.45, 2.75) is 12.6 Å². The molecule has 2 aromatic carbocycles. The van der Waals surface area contributed by atoms with Crippen LogP contribution in [-0.2, 0) is 12.6 Å². The van der Waals surface area contributed by atoms with E-state index >= 15 is 0 Å². The predicted octanol–water partition coefficient (Wildman–Crippen LogP) is 5.13. The minimum absolute atomic E-state index is 0.0145. The van der Waals surface area contributed by atoms with Crippen LogP contribution in [0.5, 0.6) is 11.5 Å². The highest BCUT2D eigenvalue weighted by molar-refractivity contribution is 6.08. The van der Waals surface area contributed by atoms with E-state index in [-0.39, 0.29) is 29.3 Å². The molecule has 3 aromatic rings. The fourth-order valence-electron chi connectivity index (χ4n) is 3.83. The summed E-state index contributed by atoms with van der Waals surface area (Å²) >= 11 is 0. The molecule has 1 aliphatic heterocycles. The lowest BCUT2D eigenvalue weighted by Crippen LogP contribution is -2.29. The molecular weight excluding hydrogens is 428 g/mol. The number of carbonyl (C=O) groups is 1. The molecule has 0 saturated heterocycles. The van der Waals surface area contributed by atoms with Crippen molar-refractivity contribution >= 4 is 11.6 Å². The summed E-state index contributed by atoms with van der Waals surface area (Å²) < 4.78 is 65.3. The number of amides is 1. The Hall–Kier alpha value is -3.62. The van der Waals surface area contributed by atoms with Crippen LogP contribution in [0, 0.1) is 5.82 Å². The second kappa shape index (κ2) is 8.14. The summed E-state index contributed by atoms with van der Waals surface area (Å²) in [5.41, 5.74) is 0.527. The third-order valence-corrected chi connectivity index (χ3v) is 5.31. The highest BCUT2D eigenvalue weighted by Crippen LogP contribution is 2.43. The quantitative estimate of drug-likeness (QED) is 0.522. The van der Waals surface area contributed by atoms with Gasteiger partial charge in [-0.05, 0) is 42.3 Å². The van der Waals surface area contributed by atoms with Gasteiger partial charge in [-0.15, -0.1) is 0 Å². The molecule has 0 fully saturated rings. The van der Waals surface area contributed by atoms with E-state index in [2.05, 4.69) is 4.98 Å². The Labute approximate surface area is 181 Å². The van der Waals surface area contributed by atoms with E-state index in [4.69, 9.17) is 9.47 Å². The van der Waals surface area contributed by atoms with Gasteiger partial charge in [0.05, 0.1) is 19.8 Å². The Morgan fingerprint density at radius 1 is 1.12 bits per heavy atom. The molecule has 4 rings (SSSR count). The van der Waals surface area contributed by atoms with Crippen LogP contribution < -0.4 is 14.4 Å². The number of ether oxygens (including phenoxy) is 2. The van der Waals surface area contributed by atoms with Crippen molar-refractivity contribution in [2.75, 3.05) is 25.7 Å². The van der Waals surface area contributed by atoms with E-state index in [0.717, 1.165) is 19.2 Å². The van der Waals surface area contributed by atoms with E-state index in [1.807, 2.05) is 0 Å². The van der Waals surface area contributed by atoms with E-state index in [1.54, 1.807) is 18.3 Å². The number of pyridine rings is 1. The number of anilines is 1. The SMILES string of the molecule is COc1cc2c(cc1C(F)(F)F)N(C(=O)c1cc(F)c(OC)c(-c3cccnc3)c1)CC2. The summed E-state index contributed by atoms with van der Waals surface area (Å²) in [5.74, 6) is -1.74. The Balaban J connectivity index is 1.79. The molecule has 0 aliphatic carbocycles. The lowest BCUT2D eigenvalue weighted by molar-refractivity contribution is -0.138. The van der Waals surface area contributed by atoms with Gasteiger partial charge in [-0.1, -0.05) is 6.07 Å². The summed E-state index contributed by atoms with van der Waals surface area (Å²) in [6, 6.07) is 8.01. The van der Waals surface area contributed by atoms with Gasteiger partial charge in [0.1, 0.15) is 5.75 Å². The Morgan fingerprint density at radius 3 is 2.53 bits per heavy atom. The molecule has 1 aromatic heterocycles. The standard InChI is InChI=1S/C23H18F4N2O3/c1-31-20-10-13-5-7-29(19(13)11-17(20)23(25,26)27)22(30)15-8-16(14-4-3-6-28-12-14)21(32-2)18(24)9-15/h3-4,6,8-12H,5,7H2,1-2H3. The smallest absolute Gasteiger partial charge is 0.420 e. The molecule has 5 nitrogen and oxygen atoms in total. The van der Waals surface area contributed by atoms with Gasteiger partial charge < -0.3 is 14.4 Å². The number of carbonyl (C=O) groups excluding carboxylic acids is 1. The number of alkyl halides is 3. The number of benzene rings is 2. The molecular formula is C23H18F4N2O3. The van der Waals surface area contributed by atoms with Crippen molar-refractivity contribution < 1.29 is 31.8 Å². The van der Waals surface area contributed by atoms with Gasteiger partial charge in [0.2, 0.25) is 0 Å². The minimum Gasteiger partial charge on any atom is -0.496 e. The number of aromatic nitrogens is 1. The van der Waals surface area contributed by atoms with Gasteiger partial charge in [-0.25, -0.2) is 4.39 Å². The molecule has 0 radical (unpaired) electrons. The zero-order chi connectivity index (χ0) is 23.0. The van der Waals surface area contributed by atoms with Crippen molar-refractivity contribution in [1.29, 1.82) is 0 Å². The molecule has 32 heavy (non-hydrogen) atoms. The Kier molecular flexibility index (Phi) is 5.50. The van der Waals surface area contributed by atoms with Crippen molar-refractivity contribution in [3.63, 3.8) is 0 Å². The van der Waals surface area contributed by atoms with E-state index < -0.39 is 23.5 Å². The third-order valence-electron chi connectivity index (χ3n) is 5.31. The first-order valence-electron chi connectivity index (χ1n) is 9.62. The summed E-state index contributed by atoms with van der Waals surface area (Å²) in [6.45, 7) is 0.161. The number of halogens is 4. The summed E-state index contributed by atoms with van der Waals surface area (Å²) in [5, 5.41) is 0. The van der Waals surface area contributed by atoms with Crippen LogP contribution in [0.2, 0.25) is 0 Å². The van der Waals surface area contributed by atoms with E-state index in [9.17, 15) is 22.4 Å². The Bertz CT molecular complexity index is 1180. The average Bonchev–Trinajstić information content (AvgIpc) is 3.20. The van der Waals surface area contributed by atoms with Gasteiger partial charge >= 0.3 is 6.18 Å². The number of methoxy groups -OCH3 is 2. The molecule has 0 unspecified atom stereocenters. The minimum atomic E-state index is -4.66. The number of nitrogens with zero attached hydrogens (tertiary/aromatic N) is 2. The first-order valence-corrected chi connectivity index (χ1v) is 9.62. The van der Waals surface area contributed by atoms with E-state index in [0.29, 0.717) is 23.1 Å². The van der Waals surface area contributed by atoms with Gasteiger partial charge in [0.25, 0.3) is 5.91 Å². The molecule has 0 atom stereocenters. The summed E-state index contributed by atoms with van der Waals surface area (Å²) in [6.07, 6.45) is -1.26. The zero-order valence-corrected chi connectivity index (χ0v) is 17.2. The number of hydrogen-bond acceptors (Lipinski definition) is 4. The maximum atomic E-state index is 14.8. The molecule has 0 spiro atoms. The highest BCUT2D eigenvalue weighted by atomic mass is 19.4. The van der Waals surface area contributed by atoms with E-state index in [1.165, 1.54) is 30.3 Å². The van der Waals surface area contributed by atoms with Crippen LogP contribution in [0.4, 0.5) is 23.2 Å².